The van der Waals surface area contributed by atoms with Gasteiger partial charge in [-0.15, -0.1) is 0 Å². The molecule has 0 heterocycles. The largest absolute Gasteiger partial charge is 0.462 e. The molecule has 0 saturated carbocycles. The first-order valence-corrected chi connectivity index (χ1v) is 34.9. The molecule has 470 valence electrons. The molecule has 82 heavy (non-hydrogen) atoms. The highest BCUT2D eigenvalue weighted by atomic mass is 16.6. The number of carbonyl (C=O) groups is 3. The van der Waals surface area contributed by atoms with Crippen LogP contribution in [0.4, 0.5) is 0 Å². The zero-order valence-corrected chi connectivity index (χ0v) is 54.0. The summed E-state index contributed by atoms with van der Waals surface area (Å²) in [5.74, 6) is -0.894. The van der Waals surface area contributed by atoms with Crippen LogP contribution < -0.4 is 0 Å². The molecule has 0 aromatic carbocycles. The Hall–Kier alpha value is -3.93. The second kappa shape index (κ2) is 69.6. The van der Waals surface area contributed by atoms with Gasteiger partial charge >= 0.3 is 17.9 Å². The highest BCUT2D eigenvalue weighted by Crippen LogP contribution is 2.17. The van der Waals surface area contributed by atoms with Crippen molar-refractivity contribution in [3.63, 3.8) is 0 Å². The molecule has 6 heteroatoms. The molecular weight excluding hydrogens is 1010 g/mol. The van der Waals surface area contributed by atoms with Crippen molar-refractivity contribution in [2.45, 2.75) is 341 Å². The summed E-state index contributed by atoms with van der Waals surface area (Å²) in [4.78, 5) is 38.3. The van der Waals surface area contributed by atoms with E-state index in [4.69, 9.17) is 14.2 Å². The van der Waals surface area contributed by atoms with Crippen LogP contribution in [0.3, 0.4) is 0 Å². The zero-order valence-electron chi connectivity index (χ0n) is 54.0. The minimum Gasteiger partial charge on any atom is -0.462 e. The minimum absolute atomic E-state index is 0.0837. The van der Waals surface area contributed by atoms with Crippen molar-refractivity contribution < 1.29 is 28.6 Å². The van der Waals surface area contributed by atoms with Gasteiger partial charge in [0.2, 0.25) is 0 Å². The van der Waals surface area contributed by atoms with E-state index >= 15 is 0 Å². The van der Waals surface area contributed by atoms with Crippen LogP contribution in [0.5, 0.6) is 0 Å². The Morgan fingerprint density at radius 1 is 0.256 bits per heavy atom. The second-order valence-electron chi connectivity index (χ2n) is 23.1. The van der Waals surface area contributed by atoms with Gasteiger partial charge in [-0.3, -0.25) is 14.4 Å². The maximum absolute atomic E-state index is 12.9. The smallest absolute Gasteiger partial charge is 0.306 e. The number of ether oxygens (including phenoxy) is 3. The molecular formula is C76H130O6. The molecule has 0 N–H and O–H groups in total. The van der Waals surface area contributed by atoms with E-state index in [1.165, 1.54) is 167 Å². The molecule has 0 rings (SSSR count). The Bertz CT molecular complexity index is 1640. The van der Waals surface area contributed by atoms with E-state index in [9.17, 15) is 14.4 Å². The van der Waals surface area contributed by atoms with Crippen molar-refractivity contribution in [2.75, 3.05) is 13.2 Å². The minimum atomic E-state index is -0.789. The fraction of sp³-hybridized carbons (Fsp3) is 0.724. The molecule has 0 aromatic rings. The number of carbonyl (C=O) groups excluding carboxylic acids is 3. The van der Waals surface area contributed by atoms with E-state index in [1.807, 2.05) is 0 Å². The molecule has 0 saturated heterocycles. The molecule has 0 aliphatic carbocycles. The van der Waals surface area contributed by atoms with Gasteiger partial charge in [-0.25, -0.2) is 0 Å². The average Bonchev–Trinajstić information content (AvgIpc) is 3.48. The number of esters is 3. The van der Waals surface area contributed by atoms with Crippen LogP contribution >= 0.6 is 0 Å². The van der Waals surface area contributed by atoms with Crippen LogP contribution in [0.15, 0.2) is 109 Å². The molecule has 1 atom stereocenters. The standard InChI is InChI=1S/C76H130O6/c1-4-7-10-13-16-19-22-25-28-29-30-31-32-33-34-35-36-37-38-39-40-41-42-43-44-45-46-47-49-51-54-57-60-63-66-69-75(78)81-72-73(71-80-74(77)68-65-62-59-56-53-50-27-24-21-18-15-12-9-6-3)82-76(79)70-67-64-61-58-55-52-48-26-23-20-17-14-11-8-5-2/h7,10,16-17,19-20,24-28,30-31,33-34,36-37,48,73H,4-6,8-9,11-15,18,21-23,29,32,35,38-47,49-72H2,1-3H3/b10-7-,19-16-,20-17-,27-24-,28-25-,31-30-,34-33-,37-36-,48-26-. The zero-order chi connectivity index (χ0) is 59.2. The Morgan fingerprint density at radius 2 is 0.476 bits per heavy atom. The van der Waals surface area contributed by atoms with Gasteiger partial charge < -0.3 is 14.2 Å². The lowest BCUT2D eigenvalue weighted by atomic mass is 10.0. The van der Waals surface area contributed by atoms with Crippen LogP contribution in [-0.4, -0.2) is 37.2 Å². The molecule has 6 nitrogen and oxygen atoms in total. The van der Waals surface area contributed by atoms with Crippen LogP contribution in [0.1, 0.15) is 335 Å². The van der Waals surface area contributed by atoms with E-state index in [0.29, 0.717) is 19.3 Å². The molecule has 0 aliphatic heterocycles. The van der Waals surface area contributed by atoms with Crippen LogP contribution in [0.25, 0.3) is 0 Å². The van der Waals surface area contributed by atoms with Crippen molar-refractivity contribution in [2.24, 2.45) is 0 Å². The summed E-state index contributed by atoms with van der Waals surface area (Å²) in [6.45, 7) is 6.50. The Kier molecular flexibility index (Phi) is 66.2. The summed E-state index contributed by atoms with van der Waals surface area (Å²) in [7, 11) is 0. The summed E-state index contributed by atoms with van der Waals surface area (Å²) in [6.07, 6.45) is 95.5. The molecule has 0 spiro atoms. The highest BCUT2D eigenvalue weighted by Gasteiger charge is 2.19. The predicted molar refractivity (Wildman–Crippen MR) is 357 cm³/mol. The van der Waals surface area contributed by atoms with Gasteiger partial charge in [0.25, 0.3) is 0 Å². The highest BCUT2D eigenvalue weighted by molar-refractivity contribution is 5.71. The number of hydrogen-bond acceptors (Lipinski definition) is 6. The number of rotatable bonds is 63. The van der Waals surface area contributed by atoms with Crippen molar-refractivity contribution >= 4 is 17.9 Å². The third-order valence-corrected chi connectivity index (χ3v) is 15.0. The van der Waals surface area contributed by atoms with Crippen molar-refractivity contribution in [1.82, 2.24) is 0 Å². The second-order valence-corrected chi connectivity index (χ2v) is 23.1. The molecule has 0 amide bonds. The normalized spacial score (nSPS) is 12.8. The van der Waals surface area contributed by atoms with Crippen molar-refractivity contribution in [3.05, 3.63) is 109 Å². The topological polar surface area (TPSA) is 78.9 Å². The molecule has 0 aliphatic rings. The first kappa shape index (κ1) is 78.1. The molecule has 0 radical (unpaired) electrons. The van der Waals surface area contributed by atoms with Gasteiger partial charge in [-0.2, -0.15) is 0 Å². The molecule has 0 bridgehead atoms. The van der Waals surface area contributed by atoms with E-state index in [1.54, 1.807) is 0 Å². The summed E-state index contributed by atoms with van der Waals surface area (Å²) in [5.41, 5.74) is 0. The SMILES string of the molecule is CC/C=C\C/C=C\C/C=C\C/C=C\C/C=C\C/C=C\CCCCCCCCCCCCCCCCCCC(=O)OCC(COC(=O)CCCCCCC/C=C\CCCCCCC)OC(=O)CCCCCCC/C=C\C/C=C\CCCCC. The third kappa shape index (κ3) is 66.9. The summed E-state index contributed by atoms with van der Waals surface area (Å²) >= 11 is 0. The number of allylic oxidation sites excluding steroid dienone is 18. The first-order chi connectivity index (χ1) is 40.5. The molecule has 0 fully saturated rings. The lowest BCUT2D eigenvalue weighted by molar-refractivity contribution is -0.167. The fourth-order valence-electron chi connectivity index (χ4n) is 9.77. The van der Waals surface area contributed by atoms with Gasteiger partial charge in [0.15, 0.2) is 6.10 Å². The van der Waals surface area contributed by atoms with Gasteiger partial charge in [0, 0.05) is 19.3 Å². The monoisotopic (exact) mass is 1140 g/mol. The van der Waals surface area contributed by atoms with Crippen LogP contribution in [0.2, 0.25) is 0 Å². The maximum atomic E-state index is 12.9. The Morgan fingerprint density at radius 3 is 0.780 bits per heavy atom. The van der Waals surface area contributed by atoms with Crippen LogP contribution in [0, 0.1) is 0 Å². The lowest BCUT2D eigenvalue weighted by Gasteiger charge is -2.18. The molecule has 1 unspecified atom stereocenters. The van der Waals surface area contributed by atoms with Crippen molar-refractivity contribution in [3.8, 4) is 0 Å². The molecule has 0 aromatic heterocycles. The van der Waals surface area contributed by atoms with Gasteiger partial charge in [-0.1, -0.05) is 297 Å². The van der Waals surface area contributed by atoms with Gasteiger partial charge in [0.05, 0.1) is 0 Å². The van der Waals surface area contributed by atoms with E-state index in [0.717, 1.165) is 128 Å². The number of unbranched alkanes of at least 4 members (excludes halogenated alkanes) is 34. The Labute approximate surface area is 508 Å². The lowest BCUT2D eigenvalue weighted by Crippen LogP contribution is -2.30. The van der Waals surface area contributed by atoms with E-state index < -0.39 is 6.10 Å². The van der Waals surface area contributed by atoms with Gasteiger partial charge in [-0.05, 0) is 128 Å². The third-order valence-electron chi connectivity index (χ3n) is 15.0. The van der Waals surface area contributed by atoms with Crippen LogP contribution in [-0.2, 0) is 28.6 Å². The Balaban J connectivity index is 4.17. The predicted octanol–water partition coefficient (Wildman–Crippen LogP) is 24.2. The van der Waals surface area contributed by atoms with Gasteiger partial charge in [0.1, 0.15) is 13.2 Å². The summed E-state index contributed by atoms with van der Waals surface area (Å²) in [5, 5.41) is 0. The van der Waals surface area contributed by atoms with Crippen molar-refractivity contribution in [1.29, 1.82) is 0 Å². The first-order valence-electron chi connectivity index (χ1n) is 34.9. The van der Waals surface area contributed by atoms with E-state index in [-0.39, 0.29) is 31.1 Å². The fourth-order valence-corrected chi connectivity index (χ4v) is 9.77. The van der Waals surface area contributed by atoms with E-state index in [2.05, 4.69) is 130 Å². The summed E-state index contributed by atoms with van der Waals surface area (Å²) < 4.78 is 16.9. The maximum Gasteiger partial charge on any atom is 0.306 e. The average molecular weight is 1140 g/mol. The summed E-state index contributed by atoms with van der Waals surface area (Å²) in [6, 6.07) is 0. The quantitative estimate of drug-likeness (QED) is 0.0261. The number of hydrogen-bond donors (Lipinski definition) is 0.